The number of amides is 12. The van der Waals surface area contributed by atoms with Crippen LogP contribution in [0.5, 0.6) is 0 Å². The molecule has 97 heavy (non-hydrogen) atoms. The Balaban J connectivity index is 1.52. The van der Waals surface area contributed by atoms with Gasteiger partial charge in [0.25, 0.3) is 11.8 Å². The number of nitrogens with one attached hydrogen (secondary N) is 6. The third-order valence-electron chi connectivity index (χ3n) is 18.2. The summed E-state index contributed by atoms with van der Waals surface area (Å²) in [5, 5.41) is 16.5. The van der Waals surface area contributed by atoms with E-state index in [4.69, 9.17) is 19.9 Å². The van der Waals surface area contributed by atoms with Crippen LogP contribution in [0.3, 0.4) is 0 Å². The molecule has 0 spiro atoms. The first-order valence-electron chi connectivity index (χ1n) is 33.5. The van der Waals surface area contributed by atoms with E-state index in [1.807, 2.05) is 41.5 Å². The van der Waals surface area contributed by atoms with Crippen molar-refractivity contribution in [3.05, 3.63) is 77.4 Å². The number of urea groups is 1. The van der Waals surface area contributed by atoms with Crippen molar-refractivity contribution in [1.82, 2.24) is 51.1 Å². The second-order valence-corrected chi connectivity index (χ2v) is 26.5. The lowest BCUT2D eigenvalue weighted by Gasteiger charge is -2.41. The van der Waals surface area contributed by atoms with Crippen molar-refractivity contribution >= 4 is 71.0 Å². The number of halogens is 2. The number of benzene rings is 2. The maximum Gasteiger partial charge on any atom is 0.410 e. The Morgan fingerprint density at radius 1 is 0.711 bits per heavy atom. The fourth-order valence-electron chi connectivity index (χ4n) is 12.5. The Bertz CT molecular complexity index is 3000. The van der Waals surface area contributed by atoms with Crippen LogP contribution in [0.15, 0.2) is 54.6 Å². The number of hydrogen-bond acceptors (Lipinski definition) is 15. The number of hydrogen-bond donors (Lipinski definition) is 7. The summed E-state index contributed by atoms with van der Waals surface area (Å²) in [5.74, 6) is -7.45. The lowest BCUT2D eigenvalue weighted by Crippen LogP contribution is -2.59. The summed E-state index contributed by atoms with van der Waals surface area (Å²) in [6.07, 6.45) is 1.92. The van der Waals surface area contributed by atoms with Crippen molar-refractivity contribution in [2.45, 2.75) is 188 Å². The number of carbonyl (C=O) groups excluding carboxylic acids is 11. The fraction of sp³-hybridized carbons (Fsp3) is 0.638. The molecule has 1 saturated heterocycles. The number of likely N-dealkylation sites (tertiary alicyclic amines) is 1. The second kappa shape index (κ2) is 39.3. The molecule has 0 aliphatic carbocycles. The van der Waals surface area contributed by atoms with Gasteiger partial charge in [0.2, 0.25) is 41.4 Å². The minimum atomic E-state index is -1.14. The van der Waals surface area contributed by atoms with E-state index in [9.17, 15) is 56.7 Å². The smallest absolute Gasteiger partial charge is 0.410 e. The molecule has 28 heteroatoms. The van der Waals surface area contributed by atoms with Gasteiger partial charge in [-0.1, -0.05) is 93.4 Å². The predicted molar refractivity (Wildman–Crippen MR) is 360 cm³/mol. The number of nitrogens with zero attached hydrogens (tertiary/aromatic N) is 5. The number of carbonyl (C=O) groups is 11. The van der Waals surface area contributed by atoms with E-state index in [0.29, 0.717) is 36.9 Å². The number of anilines is 1. The van der Waals surface area contributed by atoms with Crippen LogP contribution in [-0.4, -0.2) is 213 Å². The Hall–Kier alpha value is -8.11. The minimum absolute atomic E-state index is 0.0433. The maximum absolute atomic E-state index is 15.1. The fourth-order valence-corrected chi connectivity index (χ4v) is 12.5. The molecule has 2 aromatic rings. The molecule has 0 saturated carbocycles. The van der Waals surface area contributed by atoms with Crippen LogP contribution >= 0.6 is 0 Å². The van der Waals surface area contributed by atoms with Gasteiger partial charge in [-0.15, -0.1) is 0 Å². The number of nitrogens with two attached hydrogens (primary N) is 1. The van der Waals surface area contributed by atoms with Gasteiger partial charge in [0.05, 0.1) is 48.7 Å². The Labute approximate surface area is 569 Å². The summed E-state index contributed by atoms with van der Waals surface area (Å²) in [4.78, 5) is 155. The Morgan fingerprint density at radius 2 is 1.34 bits per heavy atom. The zero-order valence-corrected chi connectivity index (χ0v) is 59.2. The molecule has 0 aromatic heterocycles. The molecule has 2 heterocycles. The molecule has 0 radical (unpaired) electrons. The van der Waals surface area contributed by atoms with Crippen LogP contribution in [0.1, 0.15) is 131 Å². The summed E-state index contributed by atoms with van der Waals surface area (Å²) in [5.41, 5.74) is 5.90. The van der Waals surface area contributed by atoms with Crippen LogP contribution < -0.4 is 37.6 Å². The van der Waals surface area contributed by atoms with Gasteiger partial charge < -0.3 is 66.5 Å². The van der Waals surface area contributed by atoms with E-state index >= 15 is 4.79 Å². The Kier molecular flexibility index (Phi) is 33.0. The molecule has 0 bridgehead atoms. The predicted octanol–water partition coefficient (Wildman–Crippen LogP) is 5.02. The van der Waals surface area contributed by atoms with Crippen molar-refractivity contribution in [3.63, 3.8) is 0 Å². The third kappa shape index (κ3) is 23.8. The molecule has 1 fully saturated rings. The zero-order valence-electron chi connectivity index (χ0n) is 59.2. The summed E-state index contributed by atoms with van der Waals surface area (Å²) in [6, 6.07) is 3.30. The van der Waals surface area contributed by atoms with Gasteiger partial charge in [-0.2, -0.15) is 0 Å². The average molecular weight is 1370 g/mol. The van der Waals surface area contributed by atoms with Crippen molar-refractivity contribution in [2.75, 3.05) is 73.9 Å². The normalized spacial score (nSPS) is 17.4. The third-order valence-corrected chi connectivity index (χ3v) is 18.2. The van der Waals surface area contributed by atoms with Gasteiger partial charge >= 0.3 is 12.1 Å². The summed E-state index contributed by atoms with van der Waals surface area (Å²) in [6.45, 7) is 16.5. The highest BCUT2D eigenvalue weighted by Crippen LogP contribution is 2.32. The molecule has 2 aromatic carbocycles. The summed E-state index contributed by atoms with van der Waals surface area (Å²) in [7, 11) is 9.61. The topological polar surface area (TPSA) is 330 Å². The van der Waals surface area contributed by atoms with E-state index in [2.05, 4.69) is 31.9 Å². The van der Waals surface area contributed by atoms with Gasteiger partial charge in [-0.25, -0.2) is 18.4 Å². The van der Waals surface area contributed by atoms with Gasteiger partial charge in [0, 0.05) is 84.3 Å². The molecule has 8 N–H and O–H groups in total. The van der Waals surface area contributed by atoms with Gasteiger partial charge in [0.1, 0.15) is 36.4 Å². The minimum Gasteiger partial charge on any atom is -0.445 e. The number of unbranched alkanes of at least 4 members (excludes halogenated alkanes) is 2. The number of methoxy groups -OCH3 is 2. The highest BCUT2D eigenvalue weighted by atomic mass is 19.1. The summed E-state index contributed by atoms with van der Waals surface area (Å²) >= 11 is 0. The maximum atomic E-state index is 15.1. The van der Waals surface area contributed by atoms with Crippen molar-refractivity contribution in [1.29, 1.82) is 0 Å². The molecule has 2 unspecified atom stereocenters. The van der Waals surface area contributed by atoms with Crippen LogP contribution in [0.25, 0.3) is 0 Å². The van der Waals surface area contributed by atoms with Crippen LogP contribution in [0.4, 0.5) is 24.1 Å². The number of ether oxygens (including phenoxy) is 3. The first kappa shape index (κ1) is 81.3. The monoisotopic (exact) mass is 1360 g/mol. The van der Waals surface area contributed by atoms with E-state index in [1.165, 1.54) is 44.4 Å². The van der Waals surface area contributed by atoms with Crippen molar-refractivity contribution < 1.29 is 75.7 Å². The molecule has 12 amide bonds. The van der Waals surface area contributed by atoms with Gasteiger partial charge in [-0.05, 0) is 106 Å². The van der Waals surface area contributed by atoms with Crippen LogP contribution in [0, 0.1) is 41.2 Å². The highest BCUT2D eigenvalue weighted by molar-refractivity contribution is 6.12. The van der Waals surface area contributed by atoms with Crippen LogP contribution in [-0.2, 0) is 70.4 Å². The molecular formula is C69H106F2N12O14. The quantitative estimate of drug-likeness (QED) is 0.0342. The molecule has 26 nitrogen and oxygen atoms in total. The van der Waals surface area contributed by atoms with Gasteiger partial charge in [-0.3, -0.25) is 53.0 Å². The molecular weight excluding hydrogens is 1260 g/mol. The molecule has 540 valence electrons. The zero-order chi connectivity index (χ0) is 72.5. The Morgan fingerprint density at radius 3 is 1.90 bits per heavy atom. The lowest BCUT2D eigenvalue weighted by molar-refractivity contribution is -0.148. The van der Waals surface area contributed by atoms with Crippen LogP contribution in [0.2, 0.25) is 0 Å². The SMILES string of the molecule is CC[C@H](C)C([C@@H](CC(=O)N1C[C@@H](N(C)C(=O)OCc2ccc(NC(=O)C(CCCNC(N)=O)NC(=O)[C@@H](NC(=O)CCCCCN3C(=O)C=CC3=O)C(C)C)cc2)C[C@H]1[C@H](OC)[C@@H](C)C(=O)NCCc1c(F)cccc1F)OC)N(C)C(=O)[C@@H](NC(=O)[C@H](C(C)C)N(C)C)C(C)C. The van der Waals surface area contributed by atoms with Crippen molar-refractivity contribution in [2.24, 2.45) is 35.3 Å². The first-order chi connectivity index (χ1) is 45.8. The number of rotatable bonds is 39. The largest absolute Gasteiger partial charge is 0.445 e. The average Bonchev–Trinajstić information content (AvgIpc) is 1.70. The standard InChI is InChI=1S/C69H106F2N12O14/c1-16-43(8)61(81(13)67(92)59(41(4)5)78-66(91)60(42(6)7)79(10)11)53(95-14)37-57(87)83-38-47(36-52(83)62(96-15)44(9)63(88)73-34-32-48-49(70)22-20-23-50(48)71)80(12)69(94)97-39-45-26-28-46(29-27-45)75-64(89)51(24-21-33-74-68(72)93)76-65(90)58(40(2)3)77-54(84)25-18-17-19-35-82-55(85)30-31-56(82)86/h20,22-23,26-31,40-44,47,51-53,58-62H,16-19,21,24-25,32-39H2,1-15H3,(H,73,88)(H,75,89)(H,76,90)(H,77,84)(H,78,91)(H3,72,74,93)/t43-,44+,47-,51?,52-,53+,58-,59-,60-,61?,62+/m0/s1. The highest BCUT2D eigenvalue weighted by Gasteiger charge is 2.47. The van der Waals surface area contributed by atoms with E-state index in [0.717, 1.165) is 17.0 Å². The molecule has 11 atom stereocenters. The molecule has 2 aliphatic heterocycles. The number of imide groups is 1. The first-order valence-corrected chi connectivity index (χ1v) is 33.5. The number of primary amides is 1. The second-order valence-electron chi connectivity index (χ2n) is 26.5. The van der Waals surface area contributed by atoms with E-state index in [1.54, 1.807) is 80.9 Å². The van der Waals surface area contributed by atoms with E-state index < -0.39 is 120 Å². The molecule has 4 rings (SSSR count). The van der Waals surface area contributed by atoms with Crippen molar-refractivity contribution in [3.8, 4) is 0 Å². The number of likely N-dealkylation sites (N-methyl/N-ethyl adjacent to an activating group) is 3. The molecule has 2 aliphatic rings. The lowest BCUT2D eigenvalue weighted by atomic mass is 9.89. The van der Waals surface area contributed by atoms with E-state index in [-0.39, 0.29) is 118 Å². The van der Waals surface area contributed by atoms with Gasteiger partial charge in [0.15, 0.2) is 0 Å². The summed E-state index contributed by atoms with van der Waals surface area (Å²) < 4.78 is 47.2.